The second kappa shape index (κ2) is 42.0. The van der Waals surface area contributed by atoms with E-state index in [9.17, 15) is 15.0 Å². The Balaban J connectivity index is 3.40. The first-order valence-corrected chi connectivity index (χ1v) is 22.2. The average molecular weight is 702 g/mol. The van der Waals surface area contributed by atoms with Gasteiger partial charge in [-0.1, -0.05) is 223 Å². The van der Waals surface area contributed by atoms with Gasteiger partial charge in [-0.05, 0) is 39.0 Å². The number of amides is 1. The Hall–Kier alpha value is -1.39. The van der Waals surface area contributed by atoms with Gasteiger partial charge in [-0.25, -0.2) is 0 Å². The molecule has 0 aliphatic carbocycles. The van der Waals surface area contributed by atoms with Crippen LogP contribution >= 0.6 is 0 Å². The van der Waals surface area contributed by atoms with Crippen LogP contribution in [0.4, 0.5) is 0 Å². The van der Waals surface area contributed by atoms with Gasteiger partial charge < -0.3 is 15.5 Å². The van der Waals surface area contributed by atoms with Crippen molar-refractivity contribution in [2.45, 2.75) is 244 Å². The highest BCUT2D eigenvalue weighted by atomic mass is 16.3. The van der Waals surface area contributed by atoms with Crippen LogP contribution in [0.1, 0.15) is 232 Å². The maximum absolute atomic E-state index is 12.3. The highest BCUT2D eigenvalue weighted by Crippen LogP contribution is 2.16. The van der Waals surface area contributed by atoms with Gasteiger partial charge in [-0.15, -0.1) is 0 Å². The number of hydrogen-bond acceptors (Lipinski definition) is 3. The molecule has 50 heavy (non-hydrogen) atoms. The fraction of sp³-hybridized carbons (Fsp3) is 0.848. The van der Waals surface area contributed by atoms with Gasteiger partial charge in [0.2, 0.25) is 5.91 Å². The predicted molar refractivity (Wildman–Crippen MR) is 221 cm³/mol. The smallest absolute Gasteiger partial charge is 0.220 e. The Bertz CT molecular complexity index is 760. The molecule has 0 rings (SSSR count). The second-order valence-electron chi connectivity index (χ2n) is 15.1. The van der Waals surface area contributed by atoms with E-state index in [-0.39, 0.29) is 12.5 Å². The van der Waals surface area contributed by atoms with Crippen LogP contribution in [0.15, 0.2) is 36.5 Å². The molecule has 0 bridgehead atoms. The normalized spacial score (nSPS) is 13.3. The summed E-state index contributed by atoms with van der Waals surface area (Å²) in [6.45, 7) is 4.07. The molecule has 0 fully saturated rings. The number of carbonyl (C=O) groups excluding carboxylic acids is 1. The van der Waals surface area contributed by atoms with Gasteiger partial charge in [0.1, 0.15) is 0 Å². The van der Waals surface area contributed by atoms with Gasteiger partial charge in [-0.3, -0.25) is 4.79 Å². The van der Waals surface area contributed by atoms with Gasteiger partial charge in [-0.2, -0.15) is 0 Å². The molecule has 294 valence electrons. The number of rotatable bonds is 40. The molecule has 0 aliphatic heterocycles. The van der Waals surface area contributed by atoms with Crippen LogP contribution < -0.4 is 5.32 Å². The maximum atomic E-state index is 12.3. The van der Waals surface area contributed by atoms with Crippen molar-refractivity contribution in [2.75, 3.05) is 6.61 Å². The zero-order valence-electron chi connectivity index (χ0n) is 33.7. The maximum Gasteiger partial charge on any atom is 0.220 e. The largest absolute Gasteiger partial charge is 0.394 e. The molecular formula is C46H87NO3. The van der Waals surface area contributed by atoms with Crippen LogP contribution in [-0.4, -0.2) is 34.9 Å². The van der Waals surface area contributed by atoms with Crippen molar-refractivity contribution in [3.8, 4) is 0 Å². The van der Waals surface area contributed by atoms with Crippen LogP contribution in [0.25, 0.3) is 0 Å². The minimum atomic E-state index is -0.865. The fourth-order valence-electron chi connectivity index (χ4n) is 6.81. The van der Waals surface area contributed by atoms with Crippen LogP contribution in [-0.2, 0) is 4.79 Å². The minimum absolute atomic E-state index is 0.0782. The minimum Gasteiger partial charge on any atom is -0.394 e. The molecule has 0 aromatic heterocycles. The molecule has 4 heteroatoms. The summed E-state index contributed by atoms with van der Waals surface area (Å²) in [6, 6.07) is -0.640. The molecule has 0 heterocycles. The van der Waals surface area contributed by atoms with E-state index >= 15 is 0 Å². The van der Waals surface area contributed by atoms with Crippen molar-refractivity contribution in [3.05, 3.63) is 36.5 Å². The topological polar surface area (TPSA) is 69.6 Å². The van der Waals surface area contributed by atoms with Gasteiger partial charge in [0, 0.05) is 6.42 Å². The molecule has 2 atom stereocenters. The Kier molecular flexibility index (Phi) is 40.9. The zero-order valence-corrected chi connectivity index (χ0v) is 33.7. The predicted octanol–water partition coefficient (Wildman–Crippen LogP) is 13.8. The molecule has 2 unspecified atom stereocenters. The number of hydrogen-bond donors (Lipinski definition) is 3. The molecule has 0 aromatic rings. The number of unbranched alkanes of at least 4 members (excludes halogenated alkanes) is 30. The van der Waals surface area contributed by atoms with Crippen molar-refractivity contribution >= 4 is 5.91 Å². The summed E-state index contributed by atoms with van der Waals surface area (Å²) < 4.78 is 0. The number of carbonyl (C=O) groups is 1. The number of aliphatic hydroxyl groups is 2. The van der Waals surface area contributed by atoms with Gasteiger partial charge in [0.05, 0.1) is 18.8 Å². The van der Waals surface area contributed by atoms with Gasteiger partial charge >= 0.3 is 0 Å². The first-order chi connectivity index (χ1) is 24.7. The monoisotopic (exact) mass is 702 g/mol. The summed E-state index contributed by atoms with van der Waals surface area (Å²) in [5.74, 6) is -0.0782. The zero-order chi connectivity index (χ0) is 36.4. The molecule has 0 radical (unpaired) electrons. The van der Waals surface area contributed by atoms with E-state index < -0.39 is 12.1 Å². The van der Waals surface area contributed by atoms with Crippen LogP contribution in [0.5, 0.6) is 0 Å². The molecule has 4 nitrogen and oxygen atoms in total. The van der Waals surface area contributed by atoms with Crippen molar-refractivity contribution in [1.29, 1.82) is 0 Å². The lowest BCUT2D eigenvalue weighted by Crippen LogP contribution is -2.45. The fourth-order valence-corrected chi connectivity index (χ4v) is 6.81. The summed E-state index contributed by atoms with van der Waals surface area (Å²) in [5.41, 5.74) is 0. The molecule has 1 amide bonds. The Morgan fingerprint density at radius 3 is 1.16 bits per heavy atom. The number of nitrogens with one attached hydrogen (secondary N) is 1. The lowest BCUT2D eigenvalue weighted by molar-refractivity contribution is -0.123. The summed E-state index contributed by atoms with van der Waals surface area (Å²) in [5, 5.41) is 22.8. The van der Waals surface area contributed by atoms with Crippen molar-refractivity contribution in [2.24, 2.45) is 0 Å². The van der Waals surface area contributed by atoms with Crippen LogP contribution in [0, 0.1) is 0 Å². The highest BCUT2D eigenvalue weighted by molar-refractivity contribution is 5.76. The first kappa shape index (κ1) is 48.6. The standard InChI is InChI=1S/C46H87NO3/c1-3-5-7-9-11-13-14-15-16-17-18-19-20-21-22-23-24-25-26-27-28-29-30-31-32-34-36-38-40-42-46(50)47-44(43-48)45(49)41-39-37-35-33-12-10-8-6-4-2/h4,6,12,33,39,41,44-45,48-49H,3,5,7-11,13-32,34-38,40,42-43H2,1-2H3,(H,47,50)/b6-4+,33-12+,41-39+. The lowest BCUT2D eigenvalue weighted by Gasteiger charge is -2.19. The first-order valence-electron chi connectivity index (χ1n) is 22.2. The molecular weight excluding hydrogens is 615 g/mol. The SMILES string of the molecule is C/C=C/CC/C=C/CC/C=C/C(O)C(CO)NC(=O)CCCCCCCCCCCCCCCCCCCCCCCCCCCCCCC. The van der Waals surface area contributed by atoms with Crippen molar-refractivity contribution < 1.29 is 15.0 Å². The summed E-state index contributed by atoms with van der Waals surface area (Å²) in [7, 11) is 0. The average Bonchev–Trinajstić information content (AvgIpc) is 3.12. The van der Waals surface area contributed by atoms with E-state index in [0.717, 1.165) is 38.5 Å². The van der Waals surface area contributed by atoms with Gasteiger partial charge in [0.25, 0.3) is 0 Å². The van der Waals surface area contributed by atoms with Crippen molar-refractivity contribution in [1.82, 2.24) is 5.32 Å². The quantitative estimate of drug-likeness (QED) is 0.0440. The molecule has 0 saturated heterocycles. The summed E-state index contributed by atoms with van der Waals surface area (Å²) in [6.07, 6.45) is 55.9. The summed E-state index contributed by atoms with van der Waals surface area (Å²) >= 11 is 0. The Morgan fingerprint density at radius 2 is 0.820 bits per heavy atom. The third-order valence-corrected chi connectivity index (χ3v) is 10.2. The molecule has 0 aliphatic rings. The number of allylic oxidation sites excluding steroid dienone is 5. The van der Waals surface area contributed by atoms with Crippen molar-refractivity contribution in [3.63, 3.8) is 0 Å². The lowest BCUT2D eigenvalue weighted by atomic mass is 10.0. The van der Waals surface area contributed by atoms with E-state index in [0.29, 0.717) is 6.42 Å². The van der Waals surface area contributed by atoms with E-state index in [1.807, 2.05) is 13.0 Å². The Labute approximate surface area is 312 Å². The van der Waals surface area contributed by atoms with Crippen LogP contribution in [0.2, 0.25) is 0 Å². The third kappa shape index (κ3) is 37.9. The van der Waals surface area contributed by atoms with Crippen LogP contribution in [0.3, 0.4) is 0 Å². The summed E-state index contributed by atoms with van der Waals surface area (Å²) in [4.78, 5) is 12.3. The molecule has 3 N–H and O–H groups in total. The molecule has 0 saturated carbocycles. The molecule has 0 aromatic carbocycles. The number of aliphatic hydroxyl groups excluding tert-OH is 2. The van der Waals surface area contributed by atoms with E-state index in [4.69, 9.17) is 0 Å². The molecule has 0 spiro atoms. The van der Waals surface area contributed by atoms with E-state index in [1.165, 1.54) is 173 Å². The van der Waals surface area contributed by atoms with E-state index in [2.05, 4.69) is 36.5 Å². The Morgan fingerprint density at radius 1 is 0.500 bits per heavy atom. The van der Waals surface area contributed by atoms with E-state index in [1.54, 1.807) is 6.08 Å². The second-order valence-corrected chi connectivity index (χ2v) is 15.1. The van der Waals surface area contributed by atoms with Gasteiger partial charge in [0.15, 0.2) is 0 Å². The highest BCUT2D eigenvalue weighted by Gasteiger charge is 2.17. The third-order valence-electron chi connectivity index (χ3n) is 10.2.